The highest BCUT2D eigenvalue weighted by molar-refractivity contribution is 5.93. The van der Waals surface area contributed by atoms with E-state index in [2.05, 4.69) is 0 Å². The van der Waals surface area contributed by atoms with Crippen molar-refractivity contribution in [1.29, 1.82) is 0 Å². The normalized spacial score (nSPS) is 28.5. The Labute approximate surface area is 153 Å². The second kappa shape index (κ2) is 7.63. The molecule has 2 aliphatic rings. The summed E-state index contributed by atoms with van der Waals surface area (Å²) >= 11 is 0. The van der Waals surface area contributed by atoms with Gasteiger partial charge >= 0.3 is 0 Å². The number of ether oxygens (including phenoxy) is 2. The van der Waals surface area contributed by atoms with Gasteiger partial charge in [0.15, 0.2) is 0 Å². The molecule has 3 atom stereocenters. The van der Waals surface area contributed by atoms with Crippen LogP contribution < -0.4 is 10.2 Å². The number of hydrogen-bond acceptors (Lipinski definition) is 5. The summed E-state index contributed by atoms with van der Waals surface area (Å²) in [6, 6.07) is 4.91. The number of rotatable bonds is 2. The first-order chi connectivity index (χ1) is 12.4. The van der Waals surface area contributed by atoms with Crippen LogP contribution in [-0.4, -0.2) is 46.8 Å². The summed E-state index contributed by atoms with van der Waals surface area (Å²) in [5.41, 5.74) is 2.78. The van der Waals surface area contributed by atoms with E-state index in [4.69, 9.17) is 14.7 Å². The second-order valence-corrected chi connectivity index (χ2v) is 7.32. The molecule has 7 nitrogen and oxygen atoms in total. The minimum absolute atomic E-state index is 0.0443. The molecule has 1 saturated heterocycles. The second-order valence-electron chi connectivity index (χ2n) is 7.32. The van der Waals surface area contributed by atoms with Crippen molar-refractivity contribution in [2.45, 2.75) is 58.4 Å². The molecule has 0 spiro atoms. The maximum absolute atomic E-state index is 13.2. The van der Waals surface area contributed by atoms with Gasteiger partial charge in [-0.25, -0.2) is 5.48 Å². The summed E-state index contributed by atoms with van der Waals surface area (Å²) in [5, 5.41) is 8.79. The minimum atomic E-state index is -0.591. The van der Waals surface area contributed by atoms with Crippen molar-refractivity contribution in [2.75, 3.05) is 6.61 Å². The first kappa shape index (κ1) is 18.7. The molecule has 3 rings (SSSR count). The van der Waals surface area contributed by atoms with Gasteiger partial charge < -0.3 is 14.4 Å². The maximum Gasteiger partial charge on any atom is 0.274 e. The smallest absolute Gasteiger partial charge is 0.274 e. The summed E-state index contributed by atoms with van der Waals surface area (Å²) in [6.07, 6.45) is 1.63. The van der Waals surface area contributed by atoms with Crippen LogP contribution in [0.15, 0.2) is 18.2 Å². The molecule has 0 bridgehead atoms. The third-order valence-electron chi connectivity index (χ3n) is 5.11. The van der Waals surface area contributed by atoms with E-state index >= 15 is 0 Å². The number of carbonyl (C=O) groups excluding carboxylic acids is 2. The van der Waals surface area contributed by atoms with Gasteiger partial charge in [-0.1, -0.05) is 6.07 Å². The van der Waals surface area contributed by atoms with E-state index < -0.39 is 5.91 Å². The van der Waals surface area contributed by atoms with Gasteiger partial charge in [0.2, 0.25) is 5.91 Å². The van der Waals surface area contributed by atoms with Crippen LogP contribution in [-0.2, 0) is 16.1 Å². The molecule has 2 N–H and O–H groups in total. The Morgan fingerprint density at radius 2 is 1.88 bits per heavy atom. The Balaban J connectivity index is 1.81. The number of nitrogens with zero attached hydrogens (tertiary/aromatic N) is 1. The summed E-state index contributed by atoms with van der Waals surface area (Å²) in [6.45, 7) is 6.78. The SMILES string of the molecule is CC1CC(C(=O)N2Cc3ccc(C(=O)NO)cc3OC[C@@H]2C)CC(C)O1. The lowest BCUT2D eigenvalue weighted by Gasteiger charge is -2.36. The number of carbonyl (C=O) groups is 2. The molecule has 2 aliphatic heterocycles. The van der Waals surface area contributed by atoms with E-state index in [1.54, 1.807) is 23.7 Å². The fourth-order valence-corrected chi connectivity index (χ4v) is 3.80. The molecule has 142 valence electrons. The number of amides is 2. The van der Waals surface area contributed by atoms with Crippen molar-refractivity contribution in [3.05, 3.63) is 29.3 Å². The monoisotopic (exact) mass is 362 g/mol. The molecule has 2 unspecified atom stereocenters. The molecule has 0 radical (unpaired) electrons. The topological polar surface area (TPSA) is 88.1 Å². The van der Waals surface area contributed by atoms with Crippen LogP contribution in [0.25, 0.3) is 0 Å². The quantitative estimate of drug-likeness (QED) is 0.621. The van der Waals surface area contributed by atoms with Crippen molar-refractivity contribution in [2.24, 2.45) is 5.92 Å². The zero-order chi connectivity index (χ0) is 18.8. The molecule has 0 aliphatic carbocycles. The highest BCUT2D eigenvalue weighted by Gasteiger charge is 2.35. The summed E-state index contributed by atoms with van der Waals surface area (Å²) in [4.78, 5) is 26.6. The number of hydrogen-bond donors (Lipinski definition) is 2. The molecule has 7 heteroatoms. The van der Waals surface area contributed by atoms with Crippen LogP contribution in [0.4, 0.5) is 0 Å². The van der Waals surface area contributed by atoms with Crippen LogP contribution in [0.3, 0.4) is 0 Å². The standard InChI is InChI=1S/C19H26N2O5/c1-11-10-25-17-8-14(18(22)20-24)4-5-15(17)9-21(11)19(23)16-6-12(2)26-13(3)7-16/h4-5,8,11-13,16,24H,6-7,9-10H2,1-3H3,(H,20,22)/t11-,12?,13?,16?/m0/s1. The number of hydroxylamine groups is 1. The molecular weight excluding hydrogens is 336 g/mol. The third-order valence-corrected chi connectivity index (χ3v) is 5.11. The van der Waals surface area contributed by atoms with Crippen molar-refractivity contribution < 1.29 is 24.3 Å². The Morgan fingerprint density at radius 1 is 1.19 bits per heavy atom. The van der Waals surface area contributed by atoms with E-state index in [9.17, 15) is 9.59 Å². The molecule has 2 heterocycles. The first-order valence-corrected chi connectivity index (χ1v) is 9.05. The van der Waals surface area contributed by atoms with Gasteiger partial charge in [-0.05, 0) is 45.7 Å². The predicted molar refractivity (Wildman–Crippen MR) is 93.9 cm³/mol. The van der Waals surface area contributed by atoms with Gasteiger partial charge in [-0.3, -0.25) is 14.8 Å². The lowest BCUT2D eigenvalue weighted by Crippen LogP contribution is -2.46. The first-order valence-electron chi connectivity index (χ1n) is 9.05. The van der Waals surface area contributed by atoms with E-state index in [-0.39, 0.29) is 30.1 Å². The van der Waals surface area contributed by atoms with Crippen molar-refractivity contribution >= 4 is 11.8 Å². The van der Waals surface area contributed by atoms with Gasteiger partial charge in [0.05, 0.1) is 18.2 Å². The highest BCUT2D eigenvalue weighted by Crippen LogP contribution is 2.31. The molecule has 26 heavy (non-hydrogen) atoms. The Kier molecular flexibility index (Phi) is 5.48. The Bertz CT molecular complexity index is 683. The van der Waals surface area contributed by atoms with Gasteiger partial charge in [-0.15, -0.1) is 0 Å². The average molecular weight is 362 g/mol. The molecule has 1 aromatic rings. The number of benzene rings is 1. The molecule has 1 fully saturated rings. The number of fused-ring (bicyclic) bond motifs is 1. The largest absolute Gasteiger partial charge is 0.491 e. The lowest BCUT2D eigenvalue weighted by atomic mass is 9.90. The molecule has 0 aromatic heterocycles. The Hall–Kier alpha value is -2.12. The maximum atomic E-state index is 13.2. The molecular formula is C19H26N2O5. The van der Waals surface area contributed by atoms with Gasteiger partial charge in [-0.2, -0.15) is 0 Å². The van der Waals surface area contributed by atoms with Crippen molar-refractivity contribution in [3.8, 4) is 5.75 Å². The zero-order valence-corrected chi connectivity index (χ0v) is 15.4. The van der Waals surface area contributed by atoms with Crippen LogP contribution in [0, 0.1) is 5.92 Å². The predicted octanol–water partition coefficient (Wildman–Crippen LogP) is 2.12. The summed E-state index contributed by atoms with van der Waals surface area (Å²) < 4.78 is 11.6. The van der Waals surface area contributed by atoms with E-state index in [1.807, 2.05) is 25.7 Å². The van der Waals surface area contributed by atoms with Crippen LogP contribution in [0.2, 0.25) is 0 Å². The minimum Gasteiger partial charge on any atom is -0.491 e. The van der Waals surface area contributed by atoms with E-state index in [1.165, 1.54) is 0 Å². The average Bonchev–Trinajstić information content (AvgIpc) is 2.78. The zero-order valence-electron chi connectivity index (χ0n) is 15.4. The van der Waals surface area contributed by atoms with Crippen LogP contribution >= 0.6 is 0 Å². The lowest BCUT2D eigenvalue weighted by molar-refractivity contribution is -0.146. The van der Waals surface area contributed by atoms with Gasteiger partial charge in [0.1, 0.15) is 12.4 Å². The summed E-state index contributed by atoms with van der Waals surface area (Å²) in [7, 11) is 0. The third kappa shape index (κ3) is 3.83. The molecule has 0 saturated carbocycles. The number of nitrogens with one attached hydrogen (secondary N) is 1. The van der Waals surface area contributed by atoms with Crippen LogP contribution in [0.1, 0.15) is 49.5 Å². The van der Waals surface area contributed by atoms with Gasteiger partial charge in [0, 0.05) is 23.6 Å². The summed E-state index contributed by atoms with van der Waals surface area (Å²) in [5.74, 6) is 0.0686. The van der Waals surface area contributed by atoms with Crippen LogP contribution in [0.5, 0.6) is 5.75 Å². The Morgan fingerprint density at radius 3 is 2.54 bits per heavy atom. The van der Waals surface area contributed by atoms with E-state index in [0.29, 0.717) is 24.5 Å². The van der Waals surface area contributed by atoms with Crippen molar-refractivity contribution in [1.82, 2.24) is 10.4 Å². The fraction of sp³-hybridized carbons (Fsp3) is 0.579. The van der Waals surface area contributed by atoms with Crippen molar-refractivity contribution in [3.63, 3.8) is 0 Å². The fourth-order valence-electron chi connectivity index (χ4n) is 3.80. The highest BCUT2D eigenvalue weighted by atomic mass is 16.5. The van der Waals surface area contributed by atoms with E-state index in [0.717, 1.165) is 18.4 Å². The molecule has 1 aromatic carbocycles. The van der Waals surface area contributed by atoms with Gasteiger partial charge in [0.25, 0.3) is 5.91 Å². The molecule has 2 amide bonds.